The Morgan fingerprint density at radius 2 is 1.67 bits per heavy atom. The van der Waals surface area contributed by atoms with Crippen LogP contribution in [0.15, 0.2) is 66.9 Å². The van der Waals surface area contributed by atoms with Crippen LogP contribution in [-0.4, -0.2) is 26.5 Å². The predicted molar refractivity (Wildman–Crippen MR) is 118 cm³/mol. The van der Waals surface area contributed by atoms with Gasteiger partial charge in [0.1, 0.15) is 0 Å². The average molecular weight is 398 g/mol. The van der Waals surface area contributed by atoms with Crippen molar-refractivity contribution in [2.24, 2.45) is 0 Å². The number of hydrogen-bond donors (Lipinski definition) is 1. The molecule has 2 aromatic heterocycles. The third-order valence-electron chi connectivity index (χ3n) is 4.92. The fraction of sp³-hybridized carbons (Fsp3) is 0.167. The van der Waals surface area contributed by atoms with E-state index >= 15 is 0 Å². The van der Waals surface area contributed by atoms with Crippen molar-refractivity contribution >= 4 is 28.4 Å². The molecule has 2 aromatic carbocycles. The number of nitrogens with one attached hydrogen (secondary N) is 1. The van der Waals surface area contributed by atoms with Crippen LogP contribution in [0.1, 0.15) is 47.5 Å². The zero-order valence-electron chi connectivity index (χ0n) is 17.1. The largest absolute Gasteiger partial charge is 0.321 e. The number of para-hydroxylation sites is 1. The van der Waals surface area contributed by atoms with Crippen LogP contribution in [0.25, 0.3) is 22.3 Å². The molecular formula is C24H22N4O2. The highest BCUT2D eigenvalue weighted by Gasteiger charge is 2.19. The molecule has 0 saturated carbocycles. The Labute approximate surface area is 174 Å². The summed E-state index contributed by atoms with van der Waals surface area (Å²) in [4.78, 5) is 30.0. The zero-order valence-corrected chi connectivity index (χ0v) is 17.1. The lowest BCUT2D eigenvalue weighted by Crippen LogP contribution is -2.15. The predicted octanol–water partition coefficient (Wildman–Crippen LogP) is 5.13. The summed E-state index contributed by atoms with van der Waals surface area (Å²) in [5.74, 6) is -0.417. The maximum Gasteiger partial charge on any atom is 0.256 e. The molecule has 0 unspecified atom stereocenters. The minimum absolute atomic E-state index is 0.0929. The molecule has 0 spiro atoms. The molecule has 0 radical (unpaired) electrons. The number of carbonyl (C=O) groups is 2. The van der Waals surface area contributed by atoms with Crippen LogP contribution in [0.5, 0.6) is 0 Å². The molecule has 1 amide bonds. The van der Waals surface area contributed by atoms with Gasteiger partial charge in [-0.3, -0.25) is 9.59 Å². The third-order valence-corrected chi connectivity index (χ3v) is 4.92. The topological polar surface area (TPSA) is 76.9 Å². The normalized spacial score (nSPS) is 11.1. The first-order valence-corrected chi connectivity index (χ1v) is 9.80. The number of carbonyl (C=O) groups excluding carboxylic acids is 2. The van der Waals surface area contributed by atoms with Crippen LogP contribution in [0.2, 0.25) is 0 Å². The summed E-state index contributed by atoms with van der Waals surface area (Å²) in [6.45, 7) is 5.52. The number of benzene rings is 2. The molecule has 1 N–H and O–H groups in total. The molecule has 0 bridgehead atoms. The van der Waals surface area contributed by atoms with Gasteiger partial charge in [-0.25, -0.2) is 9.67 Å². The van der Waals surface area contributed by atoms with Gasteiger partial charge in [0.15, 0.2) is 11.4 Å². The second-order valence-corrected chi connectivity index (χ2v) is 7.40. The minimum atomic E-state index is -0.309. The number of pyridine rings is 1. The number of rotatable bonds is 5. The monoisotopic (exact) mass is 398 g/mol. The van der Waals surface area contributed by atoms with Crippen molar-refractivity contribution in [2.45, 2.75) is 26.8 Å². The lowest BCUT2D eigenvalue weighted by atomic mass is 10.1. The van der Waals surface area contributed by atoms with Crippen molar-refractivity contribution in [2.75, 3.05) is 5.32 Å². The van der Waals surface area contributed by atoms with Gasteiger partial charge in [-0.2, -0.15) is 5.10 Å². The molecule has 0 atom stereocenters. The van der Waals surface area contributed by atoms with Crippen molar-refractivity contribution in [3.63, 3.8) is 0 Å². The number of ketones is 1. The zero-order chi connectivity index (χ0) is 21.3. The fourth-order valence-corrected chi connectivity index (χ4v) is 3.43. The Balaban J connectivity index is 1.85. The SMILES string of the molecule is CC(=O)c1ccccc1NC(=O)c1cc(-c2ccccc2)nc2c1cnn2C(C)C. The van der Waals surface area contributed by atoms with Gasteiger partial charge in [0.05, 0.1) is 28.5 Å². The Morgan fingerprint density at radius 1 is 0.967 bits per heavy atom. The number of nitrogens with zero attached hydrogens (tertiary/aromatic N) is 3. The van der Waals surface area contributed by atoms with Gasteiger partial charge in [-0.05, 0) is 39.0 Å². The lowest BCUT2D eigenvalue weighted by molar-refractivity contribution is 0.101. The number of aromatic nitrogens is 3. The highest BCUT2D eigenvalue weighted by Crippen LogP contribution is 2.27. The summed E-state index contributed by atoms with van der Waals surface area (Å²) in [5.41, 5.74) is 3.67. The van der Waals surface area contributed by atoms with Crippen LogP contribution in [-0.2, 0) is 0 Å². The van der Waals surface area contributed by atoms with Crippen molar-refractivity contribution in [3.8, 4) is 11.3 Å². The van der Waals surface area contributed by atoms with Gasteiger partial charge in [0, 0.05) is 17.2 Å². The van der Waals surface area contributed by atoms with Gasteiger partial charge in [-0.1, -0.05) is 42.5 Å². The molecular weight excluding hydrogens is 376 g/mol. The highest BCUT2D eigenvalue weighted by molar-refractivity contribution is 6.14. The molecule has 30 heavy (non-hydrogen) atoms. The third kappa shape index (κ3) is 3.59. The molecule has 0 aliphatic carbocycles. The van der Waals surface area contributed by atoms with Crippen LogP contribution >= 0.6 is 0 Å². The van der Waals surface area contributed by atoms with Crippen molar-refractivity contribution in [1.82, 2.24) is 14.8 Å². The number of amides is 1. The van der Waals surface area contributed by atoms with Gasteiger partial charge < -0.3 is 5.32 Å². The smallest absolute Gasteiger partial charge is 0.256 e. The average Bonchev–Trinajstić information content (AvgIpc) is 3.18. The van der Waals surface area contributed by atoms with E-state index < -0.39 is 0 Å². The highest BCUT2D eigenvalue weighted by atomic mass is 16.1. The number of anilines is 1. The van der Waals surface area contributed by atoms with Crippen LogP contribution in [0.4, 0.5) is 5.69 Å². The van der Waals surface area contributed by atoms with Crippen LogP contribution in [0, 0.1) is 0 Å². The van der Waals surface area contributed by atoms with Gasteiger partial charge in [0.25, 0.3) is 5.91 Å². The molecule has 150 valence electrons. The van der Waals surface area contributed by atoms with Crippen molar-refractivity contribution in [1.29, 1.82) is 0 Å². The standard InChI is InChI=1S/C24H22N4O2/c1-15(2)28-23-20(14-25-28)19(13-22(26-23)17-9-5-4-6-10-17)24(30)27-21-12-8-7-11-18(21)16(3)29/h4-15H,1-3H3,(H,27,30). The number of Topliss-reactive ketones (excluding diaryl/α,β-unsaturated/α-hetero) is 1. The van der Waals surface area contributed by atoms with Gasteiger partial charge in [-0.15, -0.1) is 0 Å². The van der Waals surface area contributed by atoms with Gasteiger partial charge in [0.2, 0.25) is 0 Å². The first-order chi connectivity index (χ1) is 14.5. The van der Waals surface area contributed by atoms with Crippen molar-refractivity contribution in [3.05, 3.63) is 78.0 Å². The Morgan fingerprint density at radius 3 is 2.37 bits per heavy atom. The summed E-state index contributed by atoms with van der Waals surface area (Å²) in [5, 5.41) is 8.01. The molecule has 6 nitrogen and oxygen atoms in total. The van der Waals surface area contributed by atoms with Crippen LogP contribution < -0.4 is 5.32 Å². The molecule has 6 heteroatoms. The molecule has 0 fully saturated rings. The van der Waals surface area contributed by atoms with E-state index in [0.29, 0.717) is 33.5 Å². The van der Waals surface area contributed by atoms with E-state index in [4.69, 9.17) is 4.98 Å². The maximum atomic E-state index is 13.3. The Bertz CT molecular complexity index is 1240. The van der Waals surface area contributed by atoms with E-state index in [-0.39, 0.29) is 17.7 Å². The molecule has 4 aromatic rings. The molecule has 0 saturated heterocycles. The molecule has 0 aliphatic rings. The summed E-state index contributed by atoms with van der Waals surface area (Å²) < 4.78 is 1.81. The summed E-state index contributed by atoms with van der Waals surface area (Å²) in [6.07, 6.45) is 1.67. The summed E-state index contributed by atoms with van der Waals surface area (Å²) >= 11 is 0. The molecule has 4 rings (SSSR count). The first kappa shape index (κ1) is 19.5. The first-order valence-electron chi connectivity index (χ1n) is 9.80. The lowest BCUT2D eigenvalue weighted by Gasteiger charge is -2.12. The van der Waals surface area contributed by atoms with E-state index in [2.05, 4.69) is 10.4 Å². The summed E-state index contributed by atoms with van der Waals surface area (Å²) in [6, 6.07) is 18.6. The quantitative estimate of drug-likeness (QED) is 0.473. The molecule has 0 aliphatic heterocycles. The van der Waals surface area contributed by atoms with E-state index in [0.717, 1.165) is 5.56 Å². The van der Waals surface area contributed by atoms with E-state index in [1.54, 1.807) is 36.5 Å². The van der Waals surface area contributed by atoms with E-state index in [9.17, 15) is 9.59 Å². The minimum Gasteiger partial charge on any atom is -0.321 e. The van der Waals surface area contributed by atoms with E-state index in [1.165, 1.54) is 6.92 Å². The van der Waals surface area contributed by atoms with E-state index in [1.807, 2.05) is 48.9 Å². The Hall–Kier alpha value is -3.80. The second-order valence-electron chi connectivity index (χ2n) is 7.40. The molecule has 2 heterocycles. The maximum absolute atomic E-state index is 13.3. The number of fused-ring (bicyclic) bond motifs is 1. The van der Waals surface area contributed by atoms with Gasteiger partial charge >= 0.3 is 0 Å². The fourth-order valence-electron chi connectivity index (χ4n) is 3.43. The number of hydrogen-bond acceptors (Lipinski definition) is 4. The van der Waals surface area contributed by atoms with Crippen LogP contribution in [0.3, 0.4) is 0 Å². The Kier molecular flexibility index (Phi) is 5.14. The van der Waals surface area contributed by atoms with Crippen molar-refractivity contribution < 1.29 is 9.59 Å². The summed E-state index contributed by atoms with van der Waals surface area (Å²) in [7, 11) is 0. The second kappa shape index (κ2) is 7.91.